The topological polar surface area (TPSA) is 83.9 Å². The summed E-state index contributed by atoms with van der Waals surface area (Å²) in [6, 6.07) is 0. The van der Waals surface area contributed by atoms with Crippen molar-refractivity contribution in [3.8, 4) is 0 Å². The van der Waals surface area contributed by atoms with Crippen molar-refractivity contribution in [2.24, 2.45) is 0 Å². The lowest BCUT2D eigenvalue weighted by molar-refractivity contribution is 0.0331. The van der Waals surface area contributed by atoms with E-state index in [0.29, 0.717) is 17.7 Å². The number of piperazine rings is 1. The molecule has 2 saturated heterocycles. The van der Waals surface area contributed by atoms with Gasteiger partial charge in [0.05, 0.1) is 27.3 Å². The molecule has 0 unspecified atom stereocenters. The molecule has 1 aromatic rings. The van der Waals surface area contributed by atoms with Crippen molar-refractivity contribution in [1.82, 2.24) is 29.2 Å². The third kappa shape index (κ3) is 5.69. The fourth-order valence-electron chi connectivity index (χ4n) is 3.85. The van der Waals surface area contributed by atoms with Crippen LogP contribution in [0.25, 0.3) is 0 Å². The molecule has 0 saturated carbocycles. The number of morpholine rings is 1. The second-order valence-electron chi connectivity index (χ2n) is 8.63. The van der Waals surface area contributed by atoms with Crippen molar-refractivity contribution in [3.63, 3.8) is 0 Å². The fraction of sp³-hybridized carbons (Fsp3) is 0.591. The third-order valence-electron chi connectivity index (χ3n) is 6.05. The second kappa shape index (κ2) is 10.5. The zero-order valence-corrected chi connectivity index (χ0v) is 19.0. The van der Waals surface area contributed by atoms with E-state index >= 15 is 0 Å². The number of hydrogen-bond donors (Lipinski definition) is 0. The Morgan fingerprint density at radius 2 is 1.78 bits per heavy atom. The van der Waals surface area contributed by atoms with Crippen LogP contribution in [0.2, 0.25) is 0 Å². The van der Waals surface area contributed by atoms with Gasteiger partial charge in [0.15, 0.2) is 0 Å². The monoisotopic (exact) mass is 443 g/mol. The molecule has 0 bridgehead atoms. The normalized spacial score (nSPS) is 20.8. The van der Waals surface area contributed by atoms with E-state index in [2.05, 4.69) is 29.7 Å². The average Bonchev–Trinajstić information content (AvgIpc) is 2.84. The summed E-state index contributed by atoms with van der Waals surface area (Å²) >= 11 is 0. The number of ether oxygens (including phenoxy) is 2. The Morgan fingerprint density at radius 3 is 2.47 bits per heavy atom. The average molecular weight is 444 g/mol. The van der Waals surface area contributed by atoms with Gasteiger partial charge in [0.2, 0.25) is 5.95 Å². The van der Waals surface area contributed by atoms with Crippen LogP contribution in [-0.2, 0) is 9.47 Å². The molecular weight excluding hydrogens is 410 g/mol. The van der Waals surface area contributed by atoms with Crippen LogP contribution in [-0.4, -0.2) is 111 Å². The van der Waals surface area contributed by atoms with Gasteiger partial charge < -0.3 is 14.4 Å². The summed E-state index contributed by atoms with van der Waals surface area (Å²) < 4.78 is 10.7. The van der Waals surface area contributed by atoms with Crippen LogP contribution in [0.4, 0.5) is 16.7 Å². The maximum atomic E-state index is 12.8. The lowest BCUT2D eigenvalue weighted by Gasteiger charge is -2.36. The van der Waals surface area contributed by atoms with Crippen LogP contribution in [0.5, 0.6) is 0 Å². The van der Waals surface area contributed by atoms with Crippen molar-refractivity contribution in [2.75, 3.05) is 84.6 Å². The minimum atomic E-state index is -0.437. The molecule has 2 aliphatic heterocycles. The van der Waals surface area contributed by atoms with Gasteiger partial charge in [-0.15, -0.1) is 4.98 Å². The first-order chi connectivity index (χ1) is 15.5. The number of hydrogen-bond acceptors (Lipinski definition) is 9. The van der Waals surface area contributed by atoms with Gasteiger partial charge in [0, 0.05) is 52.4 Å². The number of carbonyl (C=O) groups is 1. The van der Waals surface area contributed by atoms with E-state index in [1.54, 1.807) is 20.2 Å². The van der Waals surface area contributed by atoms with Crippen molar-refractivity contribution < 1.29 is 14.3 Å². The summed E-state index contributed by atoms with van der Waals surface area (Å²) in [6.07, 6.45) is 9.31. The molecule has 4 rings (SSSR count). The Hall–Kier alpha value is -2.40. The van der Waals surface area contributed by atoms with Crippen LogP contribution < -0.4 is 9.38 Å². The van der Waals surface area contributed by atoms with E-state index in [1.807, 2.05) is 18.6 Å². The Morgan fingerprint density at radius 1 is 1.06 bits per heavy atom. The number of nitrogens with zero attached hydrogens (tertiary/aromatic N) is 7. The molecule has 173 valence electrons. The molecule has 0 N–H and O–H groups in total. The number of aromatic nitrogens is 3. The molecule has 0 spiro atoms. The first kappa shape index (κ1) is 22.8. The lowest BCUT2D eigenvalue weighted by atomic mass is 10.2. The molecule has 3 aliphatic rings. The number of carbonyl (C=O) groups excluding carboxylic acids is 1. The Balaban J connectivity index is 1.32. The summed E-state index contributed by atoms with van der Waals surface area (Å²) in [6.45, 7) is 9.48. The Kier molecular flexibility index (Phi) is 7.46. The summed E-state index contributed by atoms with van der Waals surface area (Å²) in [7, 11) is 3.45. The molecule has 1 amide bonds. The quantitative estimate of drug-likeness (QED) is 0.600. The first-order valence-electron chi connectivity index (χ1n) is 11.3. The van der Waals surface area contributed by atoms with E-state index in [9.17, 15) is 4.79 Å². The molecule has 10 heteroatoms. The van der Waals surface area contributed by atoms with Crippen molar-refractivity contribution in [2.45, 2.75) is 6.42 Å². The molecule has 1 aromatic heterocycles. The zero-order valence-electron chi connectivity index (χ0n) is 19.0. The maximum absolute atomic E-state index is 12.8. The van der Waals surface area contributed by atoms with E-state index in [1.165, 1.54) is 6.33 Å². The molecule has 10 nitrogen and oxygen atoms in total. The fourth-order valence-corrected chi connectivity index (χ4v) is 3.85. The molecule has 1 aliphatic carbocycles. The van der Waals surface area contributed by atoms with Crippen molar-refractivity contribution >= 4 is 18.0 Å². The number of anilines is 1. The SMILES string of the molecule is C[N+](C)(C(=O)OC1=CC[CH]C=C1)c1ncnc(N2CCN(CCN3CCOCC3)CC2)n1. The van der Waals surface area contributed by atoms with Gasteiger partial charge in [-0.1, -0.05) is 6.08 Å². The number of quaternary nitrogens is 1. The molecule has 0 atom stereocenters. The van der Waals surface area contributed by atoms with E-state index in [4.69, 9.17) is 9.47 Å². The predicted molar refractivity (Wildman–Crippen MR) is 122 cm³/mol. The van der Waals surface area contributed by atoms with Gasteiger partial charge >= 0.3 is 12.0 Å². The van der Waals surface area contributed by atoms with Gasteiger partial charge in [-0.05, 0) is 25.0 Å². The summed E-state index contributed by atoms with van der Waals surface area (Å²) in [5, 5.41) is 0. The largest absolute Gasteiger partial charge is 0.528 e. The van der Waals surface area contributed by atoms with Crippen LogP contribution in [0.15, 0.2) is 30.3 Å². The van der Waals surface area contributed by atoms with E-state index in [-0.39, 0.29) is 4.48 Å². The predicted octanol–water partition coefficient (Wildman–Crippen LogP) is 1.08. The highest BCUT2D eigenvalue weighted by atomic mass is 16.6. The van der Waals surface area contributed by atoms with Gasteiger partial charge in [-0.25, -0.2) is 4.98 Å². The van der Waals surface area contributed by atoms with E-state index in [0.717, 1.165) is 72.0 Å². The number of rotatable bonds is 6. The second-order valence-corrected chi connectivity index (χ2v) is 8.63. The van der Waals surface area contributed by atoms with E-state index < -0.39 is 6.09 Å². The van der Waals surface area contributed by atoms with Gasteiger partial charge in [0.25, 0.3) is 0 Å². The number of amides is 1. The first-order valence-corrected chi connectivity index (χ1v) is 11.3. The van der Waals surface area contributed by atoms with Crippen molar-refractivity contribution in [3.05, 3.63) is 36.7 Å². The highest BCUT2D eigenvalue weighted by Crippen LogP contribution is 2.20. The molecule has 2 fully saturated rings. The standard InChI is InChI=1S/C22H33N7O3/c1-29(2,22(30)32-19-6-4-3-5-7-19)21-24-18-23-20(25-21)28-12-10-26(11-13-28)8-9-27-14-16-31-17-15-27/h3-4,6-7,18H,5,8-17H2,1-2H3/q+1. The van der Waals surface area contributed by atoms with Crippen LogP contribution in [0.3, 0.4) is 0 Å². The summed E-state index contributed by atoms with van der Waals surface area (Å²) in [5.41, 5.74) is 0. The number of allylic oxidation sites excluding steroid dienone is 3. The third-order valence-corrected chi connectivity index (χ3v) is 6.05. The minimum absolute atomic E-state index is 0.218. The molecule has 1 radical (unpaired) electrons. The Labute approximate surface area is 189 Å². The Bertz CT molecular complexity index is 844. The molecule has 3 heterocycles. The van der Waals surface area contributed by atoms with Gasteiger partial charge in [-0.2, -0.15) is 14.3 Å². The van der Waals surface area contributed by atoms with Crippen LogP contribution >= 0.6 is 0 Å². The highest BCUT2D eigenvalue weighted by molar-refractivity contribution is 5.80. The zero-order chi connectivity index (χ0) is 22.4. The van der Waals surface area contributed by atoms with Crippen LogP contribution in [0.1, 0.15) is 6.42 Å². The van der Waals surface area contributed by atoms with Gasteiger partial charge in [0.1, 0.15) is 12.1 Å². The summed E-state index contributed by atoms with van der Waals surface area (Å²) in [5.74, 6) is 1.51. The molecule has 32 heavy (non-hydrogen) atoms. The van der Waals surface area contributed by atoms with Gasteiger partial charge in [-0.3, -0.25) is 9.80 Å². The van der Waals surface area contributed by atoms with Crippen molar-refractivity contribution in [1.29, 1.82) is 0 Å². The van der Waals surface area contributed by atoms with Crippen LogP contribution in [0, 0.1) is 6.42 Å². The maximum Gasteiger partial charge on any atom is 0.528 e. The highest BCUT2D eigenvalue weighted by Gasteiger charge is 2.36. The minimum Gasteiger partial charge on any atom is -0.381 e. The molecular formula is C22H33N7O3+. The summed E-state index contributed by atoms with van der Waals surface area (Å²) in [4.78, 5) is 33.2. The lowest BCUT2D eigenvalue weighted by Crippen LogP contribution is -2.50. The smallest absolute Gasteiger partial charge is 0.381 e. The molecule has 0 aromatic carbocycles.